The van der Waals surface area contributed by atoms with Crippen LogP contribution in [-0.4, -0.2) is 135 Å². The zero-order valence-electron chi connectivity index (χ0n) is 33.8. The standard InChI is InChI=1S/C41H61NO10.CH4O3S/c1-20-11-27-5-7-31-21(2)12-29(46-31)9-10-41-18-34-37(51-41)38-39(50-34)40(52-41)36-32(49-38)8-6-28(48-36)16-25(43)17-30-23(15-33(47-27)22(20)3)13-24(35(30)45-4)14-26(44)19-42;1-5(2,3)4/h20,23-24,26-40,44H,2-3,5-19,42H2,1,4H3;1H3,(H,2,3,4)/t20-,23+,24-,26+,27+,28-,29+,30+,31?,32+,33?,34-,35+,36+,37+,38+,39-,40+,41+;/m1./s1. The first-order chi connectivity index (χ1) is 27.1. The fourth-order valence-corrected chi connectivity index (χ4v) is 12.0. The summed E-state index contributed by atoms with van der Waals surface area (Å²) in [4.78, 5) is 14.1. The Labute approximate surface area is 337 Å². The fraction of sp³-hybridized carbons (Fsp3) is 0.881. The summed E-state index contributed by atoms with van der Waals surface area (Å²) in [5.74, 6) is 0.0391. The van der Waals surface area contributed by atoms with Crippen LogP contribution in [0.15, 0.2) is 24.3 Å². The van der Waals surface area contributed by atoms with Gasteiger partial charge in [-0.3, -0.25) is 9.35 Å². The molecule has 9 aliphatic heterocycles. The number of fused-ring (bicyclic) bond motifs is 6. The highest BCUT2D eigenvalue weighted by Crippen LogP contribution is 2.55. The van der Waals surface area contributed by atoms with Gasteiger partial charge in [0.15, 0.2) is 5.79 Å². The maximum Gasteiger partial charge on any atom is 0.261 e. The molecule has 0 amide bonds. The van der Waals surface area contributed by atoms with Gasteiger partial charge in [-0.1, -0.05) is 20.1 Å². The molecule has 0 aromatic rings. The molecule has 2 unspecified atom stereocenters. The van der Waals surface area contributed by atoms with E-state index >= 15 is 0 Å². The second-order valence-electron chi connectivity index (χ2n) is 18.7. The fourth-order valence-electron chi connectivity index (χ4n) is 12.0. The van der Waals surface area contributed by atoms with Gasteiger partial charge in [0, 0.05) is 39.3 Å². The van der Waals surface area contributed by atoms with E-state index in [1.165, 1.54) is 0 Å². The summed E-state index contributed by atoms with van der Waals surface area (Å²) in [6.07, 6.45) is 8.71. The number of Topliss-reactive ketones (excluding diaryl/α,β-unsaturated/α-hetero) is 1. The predicted octanol–water partition coefficient (Wildman–Crippen LogP) is 3.81. The minimum Gasteiger partial charge on any atom is -0.392 e. The van der Waals surface area contributed by atoms with E-state index in [1.807, 2.05) is 0 Å². The molecule has 0 aromatic heterocycles. The van der Waals surface area contributed by atoms with Crippen LogP contribution in [0, 0.1) is 23.7 Å². The van der Waals surface area contributed by atoms with Crippen molar-refractivity contribution in [1.29, 1.82) is 0 Å². The van der Waals surface area contributed by atoms with Gasteiger partial charge in [-0.25, -0.2) is 0 Å². The van der Waals surface area contributed by atoms with Crippen LogP contribution in [0.4, 0.5) is 0 Å². The van der Waals surface area contributed by atoms with E-state index < -0.39 is 22.0 Å². The molecule has 322 valence electrons. The van der Waals surface area contributed by atoms with Crippen molar-refractivity contribution in [2.24, 2.45) is 29.4 Å². The van der Waals surface area contributed by atoms with Crippen LogP contribution in [0.3, 0.4) is 0 Å². The Morgan fingerprint density at radius 3 is 2.28 bits per heavy atom. The third-order valence-corrected chi connectivity index (χ3v) is 14.6. The number of nitrogens with two attached hydrogens (primary N) is 1. The lowest BCUT2D eigenvalue weighted by Gasteiger charge is -2.47. The smallest absolute Gasteiger partial charge is 0.261 e. The van der Waals surface area contributed by atoms with Crippen LogP contribution in [-0.2, 0) is 52.8 Å². The zero-order valence-corrected chi connectivity index (χ0v) is 34.6. The van der Waals surface area contributed by atoms with Crippen molar-refractivity contribution in [1.82, 2.24) is 0 Å². The molecular formula is C42H65NO13S. The lowest BCUT2D eigenvalue weighted by molar-refractivity contribution is -0.292. The molecule has 1 saturated carbocycles. The summed E-state index contributed by atoms with van der Waals surface area (Å²) in [7, 11) is -1.93. The van der Waals surface area contributed by atoms with Crippen molar-refractivity contribution in [3.63, 3.8) is 0 Å². The van der Waals surface area contributed by atoms with E-state index in [9.17, 15) is 18.3 Å². The number of carbonyl (C=O) groups excluding carboxylic acids is 1. The number of aliphatic hydroxyl groups is 1. The molecule has 9 saturated heterocycles. The Balaban J connectivity index is 0.000000859. The molecule has 4 N–H and O–H groups in total. The van der Waals surface area contributed by atoms with Crippen LogP contribution >= 0.6 is 0 Å². The van der Waals surface area contributed by atoms with Crippen molar-refractivity contribution in [3.05, 3.63) is 24.3 Å². The molecular weight excluding hydrogens is 759 g/mol. The molecule has 14 nitrogen and oxygen atoms in total. The van der Waals surface area contributed by atoms with E-state index in [-0.39, 0.29) is 109 Å². The van der Waals surface area contributed by atoms with E-state index in [4.69, 9.17) is 48.2 Å². The molecule has 0 radical (unpaired) electrons. The maximum absolute atomic E-state index is 14.1. The largest absolute Gasteiger partial charge is 0.392 e. The highest BCUT2D eigenvalue weighted by molar-refractivity contribution is 7.85. The first kappa shape index (κ1) is 42.4. The third kappa shape index (κ3) is 9.02. The Bertz CT molecular complexity index is 1600. The SMILES string of the molecule is C=C1C[C@@H]2CC[C@@]34C[C@H]5O[C@H]6[C@@H](O3)[C@H]3O[C@H](CC[C@@H]3O[C@H]6[C@H]5O4)CC(=O)C[C@H]3[C@H](CC4O[C@@H](CCC1O2)C[C@@H](C)C4=C)C[C@H](C[C@H](O)CN)[C@@H]3OC.CS(=O)(=O)O. The van der Waals surface area contributed by atoms with Crippen LogP contribution < -0.4 is 5.73 Å². The van der Waals surface area contributed by atoms with Crippen molar-refractivity contribution >= 4 is 15.9 Å². The normalized spacial score (nSPS) is 48.8. The third-order valence-electron chi connectivity index (χ3n) is 14.6. The Kier molecular flexibility index (Phi) is 12.5. The molecule has 1 spiro atoms. The molecule has 10 aliphatic rings. The number of aliphatic hydroxyl groups excluding tert-OH is 1. The first-order valence-corrected chi connectivity index (χ1v) is 23.3. The summed E-state index contributed by atoms with van der Waals surface area (Å²) in [6.45, 7) is 11.4. The number of ether oxygens (including phenoxy) is 8. The number of hydrogen-bond donors (Lipinski definition) is 3. The van der Waals surface area contributed by atoms with Gasteiger partial charge in [-0.2, -0.15) is 8.42 Å². The summed E-state index contributed by atoms with van der Waals surface area (Å²) >= 11 is 0. The number of carbonyl (C=O) groups is 1. The van der Waals surface area contributed by atoms with E-state index in [0.717, 1.165) is 68.9 Å². The van der Waals surface area contributed by atoms with Gasteiger partial charge in [0.2, 0.25) is 0 Å². The van der Waals surface area contributed by atoms with E-state index in [2.05, 4.69) is 20.1 Å². The molecule has 1 aliphatic carbocycles. The topological polar surface area (TPSA) is 192 Å². The van der Waals surface area contributed by atoms with Gasteiger partial charge in [-0.05, 0) is 99.0 Å². The van der Waals surface area contributed by atoms with Crippen LogP contribution in [0.2, 0.25) is 0 Å². The predicted molar refractivity (Wildman–Crippen MR) is 207 cm³/mol. The number of methoxy groups -OCH3 is 1. The van der Waals surface area contributed by atoms with Gasteiger partial charge in [0.05, 0.1) is 61.2 Å². The molecule has 10 fully saturated rings. The highest BCUT2D eigenvalue weighted by atomic mass is 32.2. The van der Waals surface area contributed by atoms with Crippen LogP contribution in [0.25, 0.3) is 0 Å². The number of ketones is 1. The molecule has 10 rings (SSSR count). The molecule has 57 heavy (non-hydrogen) atoms. The van der Waals surface area contributed by atoms with Crippen molar-refractivity contribution in [3.8, 4) is 0 Å². The van der Waals surface area contributed by atoms with Gasteiger partial charge in [0.1, 0.15) is 36.3 Å². The summed E-state index contributed by atoms with van der Waals surface area (Å²) in [6, 6.07) is 0. The Hall–Kier alpha value is -1.34. The first-order valence-electron chi connectivity index (χ1n) is 21.4. The molecule has 15 heteroatoms. The summed E-state index contributed by atoms with van der Waals surface area (Å²) in [5.41, 5.74) is 8.17. The van der Waals surface area contributed by atoms with Crippen molar-refractivity contribution in [2.75, 3.05) is 19.9 Å². The Morgan fingerprint density at radius 1 is 0.842 bits per heavy atom. The monoisotopic (exact) mass is 823 g/mol. The van der Waals surface area contributed by atoms with Crippen LogP contribution in [0.5, 0.6) is 0 Å². The molecule has 19 atom stereocenters. The van der Waals surface area contributed by atoms with E-state index in [0.29, 0.717) is 44.3 Å². The summed E-state index contributed by atoms with van der Waals surface area (Å²) in [5, 5.41) is 10.6. The van der Waals surface area contributed by atoms with Gasteiger partial charge in [-0.15, -0.1) is 0 Å². The number of rotatable bonds is 4. The average Bonchev–Trinajstić information content (AvgIpc) is 3.82. The Morgan fingerprint density at radius 2 is 1.53 bits per heavy atom. The second kappa shape index (κ2) is 16.8. The minimum atomic E-state index is -3.67. The highest BCUT2D eigenvalue weighted by Gasteiger charge is 2.68. The quantitative estimate of drug-likeness (QED) is 0.274. The lowest BCUT2D eigenvalue weighted by Crippen LogP contribution is -2.61. The molecule has 9 heterocycles. The van der Waals surface area contributed by atoms with Crippen molar-refractivity contribution < 1.29 is 60.8 Å². The van der Waals surface area contributed by atoms with Gasteiger partial charge >= 0.3 is 0 Å². The van der Waals surface area contributed by atoms with Crippen molar-refractivity contribution in [2.45, 2.75) is 188 Å². The number of hydrogen-bond acceptors (Lipinski definition) is 13. The van der Waals surface area contributed by atoms with E-state index in [1.54, 1.807) is 7.11 Å². The van der Waals surface area contributed by atoms with Crippen LogP contribution in [0.1, 0.15) is 96.8 Å². The molecule has 12 bridgehead atoms. The zero-order chi connectivity index (χ0) is 40.4. The summed E-state index contributed by atoms with van der Waals surface area (Å²) < 4.78 is 79.5. The second-order valence-corrected chi connectivity index (χ2v) is 20.2. The lowest BCUT2D eigenvalue weighted by atomic mass is 9.79. The maximum atomic E-state index is 14.1. The average molecular weight is 824 g/mol. The minimum absolute atomic E-state index is 0.00232. The molecule has 0 aromatic carbocycles. The van der Waals surface area contributed by atoms with Gasteiger partial charge in [0.25, 0.3) is 10.1 Å². The van der Waals surface area contributed by atoms with Gasteiger partial charge < -0.3 is 48.7 Å².